The molecule has 0 spiro atoms. The summed E-state index contributed by atoms with van der Waals surface area (Å²) in [5.74, 6) is -0.0569. The van der Waals surface area contributed by atoms with Crippen LogP contribution in [-0.2, 0) is 5.60 Å². The highest BCUT2D eigenvalue weighted by Crippen LogP contribution is 2.42. The van der Waals surface area contributed by atoms with Gasteiger partial charge in [0.05, 0.1) is 0 Å². The molecule has 3 rings (SSSR count). The molecule has 3 aromatic rings. The zero-order chi connectivity index (χ0) is 15.4. The zero-order valence-electron chi connectivity index (χ0n) is 12.7. The molecule has 110 valence electrons. The lowest BCUT2D eigenvalue weighted by atomic mass is 9.74. The second-order valence-electron chi connectivity index (χ2n) is 5.63. The number of benzene rings is 3. The van der Waals surface area contributed by atoms with Gasteiger partial charge in [-0.3, -0.25) is 0 Å². The fraction of sp³-hybridized carbons (Fsp3) is 0.143. The monoisotopic (exact) mass is 288 g/mol. The van der Waals surface area contributed by atoms with Crippen molar-refractivity contribution in [1.82, 2.24) is 0 Å². The van der Waals surface area contributed by atoms with Gasteiger partial charge in [0.2, 0.25) is 0 Å². The number of hydrogen-bond donors (Lipinski definition) is 1. The van der Waals surface area contributed by atoms with Crippen molar-refractivity contribution in [2.24, 2.45) is 0 Å². The van der Waals surface area contributed by atoms with E-state index in [2.05, 4.69) is 19.1 Å². The van der Waals surface area contributed by atoms with Crippen LogP contribution in [0.25, 0.3) is 0 Å². The van der Waals surface area contributed by atoms with Crippen LogP contribution >= 0.6 is 0 Å². The Morgan fingerprint density at radius 2 is 1.00 bits per heavy atom. The molecule has 0 saturated heterocycles. The molecule has 0 heterocycles. The van der Waals surface area contributed by atoms with Crippen LogP contribution in [0, 0.1) is 0 Å². The van der Waals surface area contributed by atoms with Gasteiger partial charge in [0.25, 0.3) is 0 Å². The smallest absolute Gasteiger partial charge is 0.121 e. The summed E-state index contributed by atoms with van der Waals surface area (Å²) in [5, 5.41) is 11.7. The van der Waals surface area contributed by atoms with Gasteiger partial charge in [0.15, 0.2) is 0 Å². The number of hydrogen-bond acceptors (Lipinski definition) is 1. The molecule has 0 aliphatic heterocycles. The predicted octanol–water partition coefficient (Wildman–Crippen LogP) is 4.73. The van der Waals surface area contributed by atoms with E-state index < -0.39 is 5.60 Å². The molecule has 1 N–H and O–H groups in total. The predicted molar refractivity (Wildman–Crippen MR) is 90.7 cm³/mol. The Morgan fingerprint density at radius 1 is 0.636 bits per heavy atom. The molecule has 22 heavy (non-hydrogen) atoms. The van der Waals surface area contributed by atoms with Crippen LogP contribution in [-0.4, -0.2) is 5.11 Å². The molecule has 0 bridgehead atoms. The maximum absolute atomic E-state index is 11.7. The Hall–Kier alpha value is -2.38. The van der Waals surface area contributed by atoms with Gasteiger partial charge >= 0.3 is 0 Å². The van der Waals surface area contributed by atoms with Crippen molar-refractivity contribution in [2.75, 3.05) is 0 Å². The summed E-state index contributed by atoms with van der Waals surface area (Å²) in [6.45, 7) is 2.08. The summed E-state index contributed by atoms with van der Waals surface area (Å²) in [6.07, 6.45) is 0. The average molecular weight is 288 g/mol. The van der Waals surface area contributed by atoms with Crippen molar-refractivity contribution in [1.29, 1.82) is 0 Å². The van der Waals surface area contributed by atoms with Crippen molar-refractivity contribution < 1.29 is 5.11 Å². The van der Waals surface area contributed by atoms with E-state index in [1.807, 2.05) is 78.9 Å². The first kappa shape index (κ1) is 14.6. The SMILES string of the molecule is C[C@@H](c1ccccc1)C(O)(c1ccccc1)c1ccccc1. The Balaban J connectivity index is 2.16. The number of rotatable bonds is 4. The van der Waals surface area contributed by atoms with Crippen molar-refractivity contribution in [3.05, 3.63) is 108 Å². The molecule has 0 unspecified atom stereocenters. The first-order valence-electron chi connectivity index (χ1n) is 7.61. The molecule has 0 radical (unpaired) electrons. The quantitative estimate of drug-likeness (QED) is 0.736. The van der Waals surface area contributed by atoms with Gasteiger partial charge in [-0.25, -0.2) is 0 Å². The minimum absolute atomic E-state index is 0.0569. The van der Waals surface area contributed by atoms with Gasteiger partial charge in [-0.05, 0) is 16.7 Å². The lowest BCUT2D eigenvalue weighted by Crippen LogP contribution is -2.33. The fourth-order valence-corrected chi connectivity index (χ4v) is 3.03. The van der Waals surface area contributed by atoms with Crippen LogP contribution in [0.2, 0.25) is 0 Å². The third-order valence-electron chi connectivity index (χ3n) is 4.35. The van der Waals surface area contributed by atoms with E-state index in [-0.39, 0.29) is 5.92 Å². The van der Waals surface area contributed by atoms with E-state index >= 15 is 0 Å². The molecular formula is C21H20O. The average Bonchev–Trinajstić information content (AvgIpc) is 2.62. The second-order valence-corrected chi connectivity index (χ2v) is 5.63. The largest absolute Gasteiger partial charge is 0.380 e. The van der Waals surface area contributed by atoms with Gasteiger partial charge in [-0.2, -0.15) is 0 Å². The highest BCUT2D eigenvalue weighted by atomic mass is 16.3. The molecule has 1 atom stereocenters. The zero-order valence-corrected chi connectivity index (χ0v) is 12.7. The molecule has 3 aromatic carbocycles. The van der Waals surface area contributed by atoms with Gasteiger partial charge in [-0.15, -0.1) is 0 Å². The molecule has 0 fully saturated rings. The topological polar surface area (TPSA) is 20.2 Å². The van der Waals surface area contributed by atoms with Gasteiger partial charge in [0.1, 0.15) is 5.60 Å². The van der Waals surface area contributed by atoms with E-state index in [9.17, 15) is 5.11 Å². The Labute approximate surface area is 131 Å². The summed E-state index contributed by atoms with van der Waals surface area (Å²) in [4.78, 5) is 0. The summed E-state index contributed by atoms with van der Waals surface area (Å²) in [6, 6.07) is 30.0. The third-order valence-corrected chi connectivity index (χ3v) is 4.35. The van der Waals surface area contributed by atoms with Crippen LogP contribution < -0.4 is 0 Å². The Bertz CT molecular complexity index is 665. The summed E-state index contributed by atoms with van der Waals surface area (Å²) in [7, 11) is 0. The first-order valence-corrected chi connectivity index (χ1v) is 7.61. The Morgan fingerprint density at radius 3 is 1.41 bits per heavy atom. The Kier molecular flexibility index (Phi) is 4.08. The van der Waals surface area contributed by atoms with E-state index in [0.717, 1.165) is 16.7 Å². The molecular weight excluding hydrogens is 268 g/mol. The van der Waals surface area contributed by atoms with Crippen LogP contribution in [0.1, 0.15) is 29.5 Å². The molecule has 1 nitrogen and oxygen atoms in total. The first-order chi connectivity index (χ1) is 10.7. The van der Waals surface area contributed by atoms with E-state index in [1.54, 1.807) is 0 Å². The van der Waals surface area contributed by atoms with E-state index in [4.69, 9.17) is 0 Å². The molecule has 1 heteroatoms. The molecule has 0 amide bonds. The molecule has 0 aromatic heterocycles. The standard InChI is InChI=1S/C21H20O/c1-17(18-11-5-2-6-12-18)21(22,19-13-7-3-8-14-19)20-15-9-4-10-16-20/h2-17,22H,1H3/t17-/m0/s1. The summed E-state index contributed by atoms with van der Waals surface area (Å²) in [5.41, 5.74) is 1.90. The van der Waals surface area contributed by atoms with Crippen molar-refractivity contribution in [2.45, 2.75) is 18.4 Å². The van der Waals surface area contributed by atoms with Gasteiger partial charge in [0, 0.05) is 5.92 Å². The number of aliphatic hydroxyl groups is 1. The van der Waals surface area contributed by atoms with Crippen LogP contribution in [0.15, 0.2) is 91.0 Å². The highest BCUT2D eigenvalue weighted by Gasteiger charge is 2.38. The maximum atomic E-state index is 11.7. The summed E-state index contributed by atoms with van der Waals surface area (Å²) < 4.78 is 0. The lowest BCUT2D eigenvalue weighted by Gasteiger charge is -2.35. The van der Waals surface area contributed by atoms with Gasteiger partial charge < -0.3 is 5.11 Å². The maximum Gasteiger partial charge on any atom is 0.121 e. The lowest BCUT2D eigenvalue weighted by molar-refractivity contribution is 0.0555. The minimum Gasteiger partial charge on any atom is -0.380 e. The van der Waals surface area contributed by atoms with Gasteiger partial charge in [-0.1, -0.05) is 97.9 Å². The summed E-state index contributed by atoms with van der Waals surface area (Å²) >= 11 is 0. The third kappa shape index (κ3) is 2.56. The second kappa shape index (κ2) is 6.17. The molecule has 0 aliphatic carbocycles. The van der Waals surface area contributed by atoms with E-state index in [0.29, 0.717) is 0 Å². The minimum atomic E-state index is -1.05. The normalized spacial score (nSPS) is 12.8. The van der Waals surface area contributed by atoms with Crippen molar-refractivity contribution >= 4 is 0 Å². The van der Waals surface area contributed by atoms with Crippen LogP contribution in [0.4, 0.5) is 0 Å². The fourth-order valence-electron chi connectivity index (χ4n) is 3.03. The van der Waals surface area contributed by atoms with Crippen molar-refractivity contribution in [3.63, 3.8) is 0 Å². The van der Waals surface area contributed by atoms with Crippen LogP contribution in [0.5, 0.6) is 0 Å². The van der Waals surface area contributed by atoms with E-state index in [1.165, 1.54) is 0 Å². The highest BCUT2D eigenvalue weighted by molar-refractivity contribution is 5.41. The van der Waals surface area contributed by atoms with Crippen LogP contribution in [0.3, 0.4) is 0 Å². The molecule has 0 aliphatic rings. The molecule has 0 saturated carbocycles. The van der Waals surface area contributed by atoms with Crippen molar-refractivity contribution in [3.8, 4) is 0 Å².